The molecule has 2 aromatic rings. The molecule has 114 valence electrons. The summed E-state index contributed by atoms with van der Waals surface area (Å²) < 4.78 is 27.4. The zero-order chi connectivity index (χ0) is 15.5. The molecule has 0 atom stereocenters. The Morgan fingerprint density at radius 3 is 2.76 bits per heavy atom. The molecule has 0 saturated carbocycles. The maximum atomic E-state index is 12.4. The highest BCUT2D eigenvalue weighted by Gasteiger charge is 2.17. The molecule has 1 aromatic carbocycles. The van der Waals surface area contributed by atoms with Gasteiger partial charge in [-0.3, -0.25) is 0 Å². The highest BCUT2D eigenvalue weighted by atomic mass is 32.2. The van der Waals surface area contributed by atoms with Gasteiger partial charge in [0.1, 0.15) is 0 Å². The predicted molar refractivity (Wildman–Crippen MR) is 86.0 cm³/mol. The number of nitrogen functional groups attached to an aromatic ring is 1. The molecule has 5 nitrogen and oxygen atoms in total. The maximum Gasteiger partial charge on any atom is 0.240 e. The first kappa shape index (κ1) is 15.9. The molecule has 3 N–H and O–H groups in total. The standard InChI is InChI=1S/C14H19N3O2S2/c1-3-11-4-5-12(15)8-14(11)21(18,19)16-7-6-13-9-20-10(2)17-13/h4-5,8-9,16H,3,6-7,15H2,1-2H3. The van der Waals surface area contributed by atoms with Crippen LogP contribution >= 0.6 is 11.3 Å². The second-order valence-corrected chi connectivity index (χ2v) is 7.52. The molecule has 21 heavy (non-hydrogen) atoms. The third-order valence-corrected chi connectivity index (χ3v) is 5.47. The number of benzene rings is 1. The normalized spacial score (nSPS) is 11.7. The average Bonchev–Trinajstić information content (AvgIpc) is 2.84. The van der Waals surface area contributed by atoms with Crippen LogP contribution in [0, 0.1) is 6.92 Å². The molecule has 0 spiro atoms. The molecule has 0 aliphatic carbocycles. The number of nitrogens with two attached hydrogens (primary N) is 1. The van der Waals surface area contributed by atoms with Gasteiger partial charge in [-0.05, 0) is 31.0 Å². The lowest BCUT2D eigenvalue weighted by molar-refractivity contribution is 0.580. The van der Waals surface area contributed by atoms with E-state index in [0.29, 0.717) is 25.1 Å². The van der Waals surface area contributed by atoms with Crippen molar-refractivity contribution in [1.82, 2.24) is 9.71 Å². The third-order valence-electron chi connectivity index (χ3n) is 3.10. The number of anilines is 1. The second kappa shape index (κ2) is 6.55. The molecule has 0 amide bonds. The van der Waals surface area contributed by atoms with Crippen molar-refractivity contribution >= 4 is 27.0 Å². The van der Waals surface area contributed by atoms with Gasteiger partial charge in [-0.15, -0.1) is 11.3 Å². The summed E-state index contributed by atoms with van der Waals surface area (Å²) >= 11 is 1.56. The van der Waals surface area contributed by atoms with E-state index in [0.717, 1.165) is 16.3 Å². The summed E-state index contributed by atoms with van der Waals surface area (Å²) in [5, 5.41) is 2.93. The van der Waals surface area contributed by atoms with Crippen molar-refractivity contribution in [2.45, 2.75) is 31.6 Å². The zero-order valence-electron chi connectivity index (χ0n) is 12.1. The first-order valence-electron chi connectivity index (χ1n) is 6.71. The minimum atomic E-state index is -3.54. The largest absolute Gasteiger partial charge is 0.399 e. The van der Waals surface area contributed by atoms with E-state index in [-0.39, 0.29) is 4.90 Å². The number of aryl methyl sites for hydroxylation is 2. The van der Waals surface area contributed by atoms with Gasteiger partial charge in [-0.25, -0.2) is 18.1 Å². The Balaban J connectivity index is 2.09. The van der Waals surface area contributed by atoms with Gasteiger partial charge < -0.3 is 5.73 Å². The van der Waals surface area contributed by atoms with E-state index in [1.54, 1.807) is 23.5 Å². The number of nitrogens with one attached hydrogen (secondary N) is 1. The summed E-state index contributed by atoms with van der Waals surface area (Å²) in [5.41, 5.74) is 7.82. The lowest BCUT2D eigenvalue weighted by Crippen LogP contribution is -2.27. The highest BCUT2D eigenvalue weighted by molar-refractivity contribution is 7.89. The van der Waals surface area contributed by atoms with Gasteiger partial charge in [0.05, 0.1) is 15.6 Å². The van der Waals surface area contributed by atoms with E-state index in [2.05, 4.69) is 9.71 Å². The average molecular weight is 325 g/mol. The number of hydrogen-bond acceptors (Lipinski definition) is 5. The van der Waals surface area contributed by atoms with Gasteiger partial charge in [0.15, 0.2) is 0 Å². The molecular formula is C14H19N3O2S2. The molecular weight excluding hydrogens is 306 g/mol. The molecule has 0 radical (unpaired) electrons. The second-order valence-electron chi connectivity index (χ2n) is 4.73. The summed E-state index contributed by atoms with van der Waals surface area (Å²) in [6.07, 6.45) is 1.22. The number of rotatable bonds is 6. The Hall–Kier alpha value is -1.44. The number of hydrogen-bond donors (Lipinski definition) is 2. The summed E-state index contributed by atoms with van der Waals surface area (Å²) in [4.78, 5) is 4.58. The van der Waals surface area contributed by atoms with Crippen molar-refractivity contribution in [3.05, 3.63) is 39.8 Å². The molecule has 0 unspecified atom stereocenters. The van der Waals surface area contributed by atoms with E-state index in [1.165, 1.54) is 6.07 Å². The van der Waals surface area contributed by atoms with E-state index < -0.39 is 10.0 Å². The quantitative estimate of drug-likeness (QED) is 0.797. The number of aromatic nitrogens is 1. The number of nitrogens with zero attached hydrogens (tertiary/aromatic N) is 1. The van der Waals surface area contributed by atoms with Crippen molar-refractivity contribution in [2.75, 3.05) is 12.3 Å². The van der Waals surface area contributed by atoms with Crippen LogP contribution in [-0.4, -0.2) is 19.9 Å². The van der Waals surface area contributed by atoms with E-state index in [1.807, 2.05) is 19.2 Å². The Bertz CT molecular complexity index is 724. The zero-order valence-corrected chi connectivity index (χ0v) is 13.7. The van der Waals surface area contributed by atoms with Gasteiger partial charge in [0.2, 0.25) is 10.0 Å². The fourth-order valence-corrected chi connectivity index (χ4v) is 4.05. The fraction of sp³-hybridized carbons (Fsp3) is 0.357. The Morgan fingerprint density at radius 1 is 1.38 bits per heavy atom. The number of thiazole rings is 1. The van der Waals surface area contributed by atoms with Crippen LogP contribution < -0.4 is 10.5 Å². The maximum absolute atomic E-state index is 12.4. The monoisotopic (exact) mass is 325 g/mol. The van der Waals surface area contributed by atoms with Gasteiger partial charge in [-0.1, -0.05) is 13.0 Å². The number of sulfonamides is 1. The van der Waals surface area contributed by atoms with Crippen LogP contribution in [0.2, 0.25) is 0 Å². The van der Waals surface area contributed by atoms with E-state index in [4.69, 9.17) is 5.73 Å². The van der Waals surface area contributed by atoms with Gasteiger partial charge in [0, 0.05) is 24.0 Å². The molecule has 0 saturated heterocycles. The Kier molecular flexibility index (Phi) is 4.97. The smallest absolute Gasteiger partial charge is 0.240 e. The van der Waals surface area contributed by atoms with Crippen molar-refractivity contribution in [2.24, 2.45) is 0 Å². The van der Waals surface area contributed by atoms with Crippen LogP contribution in [-0.2, 0) is 22.9 Å². The molecule has 2 rings (SSSR count). The topological polar surface area (TPSA) is 85.1 Å². The molecule has 0 aliphatic heterocycles. The van der Waals surface area contributed by atoms with Gasteiger partial charge in [0.25, 0.3) is 0 Å². The molecule has 0 bridgehead atoms. The van der Waals surface area contributed by atoms with Crippen molar-refractivity contribution in [1.29, 1.82) is 0 Å². The van der Waals surface area contributed by atoms with E-state index >= 15 is 0 Å². The molecule has 1 heterocycles. The van der Waals surface area contributed by atoms with Crippen LogP contribution in [0.5, 0.6) is 0 Å². The Labute approximate surface area is 129 Å². The SMILES string of the molecule is CCc1ccc(N)cc1S(=O)(=O)NCCc1csc(C)n1. The predicted octanol–water partition coefficient (Wildman–Crippen LogP) is 2.12. The summed E-state index contributed by atoms with van der Waals surface area (Å²) in [6.45, 7) is 4.17. The summed E-state index contributed by atoms with van der Waals surface area (Å²) in [6, 6.07) is 4.98. The first-order valence-corrected chi connectivity index (χ1v) is 9.07. The van der Waals surface area contributed by atoms with Crippen LogP contribution in [0.3, 0.4) is 0 Å². The first-order chi connectivity index (χ1) is 9.92. The van der Waals surface area contributed by atoms with Crippen LogP contribution in [0.4, 0.5) is 5.69 Å². The van der Waals surface area contributed by atoms with Gasteiger partial charge >= 0.3 is 0 Å². The van der Waals surface area contributed by atoms with Crippen molar-refractivity contribution in [3.8, 4) is 0 Å². The van der Waals surface area contributed by atoms with Crippen LogP contribution in [0.25, 0.3) is 0 Å². The lowest BCUT2D eigenvalue weighted by Gasteiger charge is -2.11. The molecule has 7 heteroatoms. The van der Waals surface area contributed by atoms with Crippen LogP contribution in [0.15, 0.2) is 28.5 Å². The molecule has 0 fully saturated rings. The minimum absolute atomic E-state index is 0.263. The third kappa shape index (κ3) is 4.03. The van der Waals surface area contributed by atoms with Gasteiger partial charge in [-0.2, -0.15) is 0 Å². The fourth-order valence-electron chi connectivity index (χ4n) is 2.03. The molecule has 0 aliphatic rings. The molecule has 1 aromatic heterocycles. The van der Waals surface area contributed by atoms with Crippen molar-refractivity contribution < 1.29 is 8.42 Å². The van der Waals surface area contributed by atoms with E-state index in [9.17, 15) is 8.42 Å². The highest BCUT2D eigenvalue weighted by Crippen LogP contribution is 2.19. The summed E-state index contributed by atoms with van der Waals surface area (Å²) in [5.74, 6) is 0. The summed E-state index contributed by atoms with van der Waals surface area (Å²) in [7, 11) is -3.54. The van der Waals surface area contributed by atoms with Crippen LogP contribution in [0.1, 0.15) is 23.2 Å². The lowest BCUT2D eigenvalue weighted by atomic mass is 10.1. The van der Waals surface area contributed by atoms with Crippen molar-refractivity contribution in [3.63, 3.8) is 0 Å². The Morgan fingerprint density at radius 2 is 2.14 bits per heavy atom. The minimum Gasteiger partial charge on any atom is -0.399 e.